The lowest BCUT2D eigenvalue weighted by molar-refractivity contribution is -0.136. The van der Waals surface area contributed by atoms with E-state index in [9.17, 15) is 14.7 Å². The van der Waals surface area contributed by atoms with Crippen LogP contribution in [0, 0.1) is 0 Å². The second-order valence-corrected chi connectivity index (χ2v) is 4.99. The number of ether oxygens (including phenoxy) is 1. The van der Waals surface area contributed by atoms with E-state index in [0.29, 0.717) is 22.0 Å². The number of halogens is 1. The Morgan fingerprint density at radius 2 is 2.13 bits per heavy atom. The van der Waals surface area contributed by atoms with Crippen molar-refractivity contribution in [2.24, 2.45) is 0 Å². The van der Waals surface area contributed by atoms with Gasteiger partial charge in [0.1, 0.15) is 5.75 Å². The second-order valence-electron chi connectivity index (χ2n) is 4.59. The number of carbonyl (C=O) groups excluding carboxylic acids is 2. The number of anilines is 1. The molecule has 0 fully saturated rings. The summed E-state index contributed by atoms with van der Waals surface area (Å²) < 4.78 is 9.82. The van der Waals surface area contributed by atoms with Crippen LogP contribution in [0.2, 0.25) is 5.02 Å². The molecule has 0 saturated carbocycles. The molecule has 0 spiro atoms. The Kier molecular flexibility index (Phi) is 5.61. The van der Waals surface area contributed by atoms with Crippen molar-refractivity contribution in [3.8, 4) is 5.75 Å². The Bertz CT molecular complexity index is 687. The molecule has 8 heteroatoms. The number of hydrogen-bond donors (Lipinski definition) is 3. The van der Waals surface area contributed by atoms with E-state index >= 15 is 0 Å². The van der Waals surface area contributed by atoms with Gasteiger partial charge in [-0.2, -0.15) is 0 Å². The van der Waals surface area contributed by atoms with Crippen LogP contribution >= 0.6 is 11.6 Å². The van der Waals surface area contributed by atoms with Crippen LogP contribution in [0.1, 0.15) is 11.7 Å². The van der Waals surface area contributed by atoms with E-state index in [0.717, 1.165) is 0 Å². The highest BCUT2D eigenvalue weighted by molar-refractivity contribution is 6.40. The molecule has 3 N–H and O–H groups in total. The van der Waals surface area contributed by atoms with E-state index in [4.69, 9.17) is 20.8 Å². The van der Waals surface area contributed by atoms with E-state index in [1.807, 2.05) is 0 Å². The van der Waals surface area contributed by atoms with Crippen molar-refractivity contribution in [1.29, 1.82) is 0 Å². The molecular weight excluding hydrogens is 324 g/mol. The molecule has 1 aromatic carbocycles. The van der Waals surface area contributed by atoms with Crippen molar-refractivity contribution in [2.75, 3.05) is 19.0 Å². The summed E-state index contributed by atoms with van der Waals surface area (Å²) in [6, 6.07) is 6.15. The normalized spacial score (nSPS) is 11.6. The zero-order chi connectivity index (χ0) is 16.8. The van der Waals surface area contributed by atoms with Crippen molar-refractivity contribution in [2.45, 2.75) is 6.10 Å². The highest BCUT2D eigenvalue weighted by Gasteiger charge is 2.17. The summed E-state index contributed by atoms with van der Waals surface area (Å²) >= 11 is 5.93. The van der Waals surface area contributed by atoms with E-state index < -0.39 is 17.9 Å². The summed E-state index contributed by atoms with van der Waals surface area (Å²) in [4.78, 5) is 23.5. The molecule has 1 atom stereocenters. The molecule has 1 aromatic heterocycles. The Labute approximate surface area is 137 Å². The Balaban J connectivity index is 1.87. The summed E-state index contributed by atoms with van der Waals surface area (Å²) in [6.45, 7) is -0.116. The fourth-order valence-electron chi connectivity index (χ4n) is 1.78. The van der Waals surface area contributed by atoms with Crippen LogP contribution in [0.3, 0.4) is 0 Å². The molecule has 1 heterocycles. The Hall–Kier alpha value is -2.51. The number of carbonyl (C=O) groups is 2. The first-order chi connectivity index (χ1) is 11.0. The second kappa shape index (κ2) is 7.66. The third-order valence-electron chi connectivity index (χ3n) is 3.00. The lowest BCUT2D eigenvalue weighted by Crippen LogP contribution is -2.37. The quantitative estimate of drug-likeness (QED) is 0.721. The lowest BCUT2D eigenvalue weighted by atomic mass is 10.2. The van der Waals surface area contributed by atoms with Crippen molar-refractivity contribution in [3.05, 3.63) is 47.4 Å². The van der Waals surface area contributed by atoms with Gasteiger partial charge in [-0.25, -0.2) is 0 Å². The molecule has 122 valence electrons. The molecule has 0 radical (unpaired) electrons. The van der Waals surface area contributed by atoms with Gasteiger partial charge in [-0.05, 0) is 24.3 Å². The molecule has 7 nitrogen and oxygen atoms in total. The van der Waals surface area contributed by atoms with Gasteiger partial charge in [0.15, 0.2) is 0 Å². The SMILES string of the molecule is COc1ccc(NC(=O)C(=O)NC[C@@H](O)c2ccoc2)cc1Cl. The minimum atomic E-state index is -0.957. The van der Waals surface area contributed by atoms with Gasteiger partial charge in [-0.3, -0.25) is 9.59 Å². The number of aliphatic hydroxyl groups is 1. The number of hydrogen-bond acceptors (Lipinski definition) is 5. The maximum Gasteiger partial charge on any atom is 0.313 e. The van der Waals surface area contributed by atoms with E-state index in [1.54, 1.807) is 18.2 Å². The van der Waals surface area contributed by atoms with Crippen LogP contribution in [0.25, 0.3) is 0 Å². The van der Waals surface area contributed by atoms with Gasteiger partial charge in [0.05, 0.1) is 30.8 Å². The number of amides is 2. The van der Waals surface area contributed by atoms with Gasteiger partial charge >= 0.3 is 11.8 Å². The van der Waals surface area contributed by atoms with Crippen molar-refractivity contribution in [1.82, 2.24) is 5.32 Å². The summed E-state index contributed by atoms with van der Waals surface area (Å²) in [5.74, 6) is -1.29. The van der Waals surface area contributed by atoms with Gasteiger partial charge in [-0.15, -0.1) is 0 Å². The Morgan fingerprint density at radius 3 is 2.74 bits per heavy atom. The maximum absolute atomic E-state index is 11.8. The topological polar surface area (TPSA) is 101 Å². The molecular formula is C15H15ClN2O5. The molecule has 0 aliphatic rings. The number of furan rings is 1. The number of aliphatic hydroxyl groups excluding tert-OH is 1. The maximum atomic E-state index is 11.8. The first kappa shape index (κ1) is 16.9. The molecule has 0 aliphatic heterocycles. The molecule has 2 amide bonds. The fraction of sp³-hybridized carbons (Fsp3) is 0.200. The lowest BCUT2D eigenvalue weighted by Gasteiger charge is -2.11. The molecule has 0 saturated heterocycles. The third kappa shape index (κ3) is 4.48. The van der Waals surface area contributed by atoms with Gasteiger partial charge in [-0.1, -0.05) is 11.6 Å². The standard InChI is InChI=1S/C15H15ClN2O5/c1-22-13-3-2-10(6-11(13)16)18-15(21)14(20)17-7-12(19)9-4-5-23-8-9/h2-6,8,12,19H,7H2,1H3,(H,17,20)(H,18,21)/t12-/m1/s1. The molecule has 23 heavy (non-hydrogen) atoms. The summed E-state index contributed by atoms with van der Waals surface area (Å²) in [7, 11) is 1.47. The van der Waals surface area contributed by atoms with Crippen molar-refractivity contribution < 1.29 is 23.8 Å². The molecule has 2 rings (SSSR count). The third-order valence-corrected chi connectivity index (χ3v) is 3.30. The van der Waals surface area contributed by atoms with Gasteiger partial charge in [0.25, 0.3) is 0 Å². The zero-order valence-electron chi connectivity index (χ0n) is 12.2. The first-order valence-corrected chi connectivity index (χ1v) is 7.02. The van der Waals surface area contributed by atoms with Gasteiger partial charge in [0, 0.05) is 17.8 Å². The van der Waals surface area contributed by atoms with E-state index in [1.165, 1.54) is 25.7 Å². The fourth-order valence-corrected chi connectivity index (χ4v) is 2.04. The van der Waals surface area contributed by atoms with Crippen LogP contribution in [-0.4, -0.2) is 30.6 Å². The van der Waals surface area contributed by atoms with Crippen LogP contribution in [0.5, 0.6) is 5.75 Å². The number of methoxy groups -OCH3 is 1. The van der Waals surface area contributed by atoms with Crippen LogP contribution < -0.4 is 15.4 Å². The van der Waals surface area contributed by atoms with Crippen LogP contribution in [0.15, 0.2) is 41.2 Å². The highest BCUT2D eigenvalue weighted by Crippen LogP contribution is 2.27. The minimum absolute atomic E-state index is 0.116. The van der Waals surface area contributed by atoms with Crippen LogP contribution in [0.4, 0.5) is 5.69 Å². The van der Waals surface area contributed by atoms with E-state index in [2.05, 4.69) is 10.6 Å². The number of nitrogens with one attached hydrogen (secondary N) is 2. The molecule has 0 aliphatic carbocycles. The average molecular weight is 339 g/mol. The smallest absolute Gasteiger partial charge is 0.313 e. The Morgan fingerprint density at radius 1 is 1.35 bits per heavy atom. The molecule has 0 bridgehead atoms. The molecule has 0 unspecified atom stereocenters. The van der Waals surface area contributed by atoms with Gasteiger partial charge < -0.3 is 24.9 Å². The monoisotopic (exact) mass is 338 g/mol. The number of rotatable bonds is 5. The number of benzene rings is 1. The summed E-state index contributed by atoms with van der Waals surface area (Å²) in [5, 5.41) is 14.8. The summed E-state index contributed by atoms with van der Waals surface area (Å²) in [6.07, 6.45) is 1.80. The molecule has 2 aromatic rings. The average Bonchev–Trinajstić information content (AvgIpc) is 3.07. The first-order valence-electron chi connectivity index (χ1n) is 6.64. The zero-order valence-corrected chi connectivity index (χ0v) is 13.0. The van der Waals surface area contributed by atoms with Crippen LogP contribution in [-0.2, 0) is 9.59 Å². The predicted octanol–water partition coefficient (Wildman–Crippen LogP) is 1.73. The van der Waals surface area contributed by atoms with Gasteiger partial charge in [0.2, 0.25) is 0 Å². The minimum Gasteiger partial charge on any atom is -0.495 e. The largest absolute Gasteiger partial charge is 0.495 e. The predicted molar refractivity (Wildman–Crippen MR) is 83.3 cm³/mol. The van der Waals surface area contributed by atoms with Crippen molar-refractivity contribution >= 4 is 29.1 Å². The van der Waals surface area contributed by atoms with E-state index in [-0.39, 0.29) is 6.54 Å². The van der Waals surface area contributed by atoms with Crippen molar-refractivity contribution in [3.63, 3.8) is 0 Å². The highest BCUT2D eigenvalue weighted by atomic mass is 35.5. The summed E-state index contributed by atoms with van der Waals surface area (Å²) in [5.41, 5.74) is 0.860.